The summed E-state index contributed by atoms with van der Waals surface area (Å²) in [6.07, 6.45) is 3.96. The van der Waals surface area contributed by atoms with E-state index in [4.69, 9.17) is 16.7 Å². The summed E-state index contributed by atoms with van der Waals surface area (Å²) in [6, 6.07) is 7.43. The van der Waals surface area contributed by atoms with E-state index >= 15 is 0 Å². The van der Waals surface area contributed by atoms with Crippen LogP contribution in [0, 0.1) is 17.1 Å². The minimum absolute atomic E-state index is 0.0363. The average molecular weight is 461 g/mol. The van der Waals surface area contributed by atoms with Crippen molar-refractivity contribution < 1.29 is 8.78 Å². The molecule has 0 amide bonds. The molecule has 1 saturated heterocycles. The maximum atomic E-state index is 14.3. The number of anilines is 2. The number of fused-ring (bicyclic) bond motifs is 1. The molecular formula is C23H21F2N9. The Morgan fingerprint density at radius 2 is 2.03 bits per heavy atom. The lowest BCUT2D eigenvalue weighted by Crippen LogP contribution is -2.50. The van der Waals surface area contributed by atoms with Gasteiger partial charge in [0.25, 0.3) is 0 Å². The van der Waals surface area contributed by atoms with E-state index in [0.29, 0.717) is 48.5 Å². The van der Waals surface area contributed by atoms with E-state index in [2.05, 4.69) is 19.9 Å². The summed E-state index contributed by atoms with van der Waals surface area (Å²) in [5.74, 6) is -0.334. The van der Waals surface area contributed by atoms with Gasteiger partial charge in [-0.25, -0.2) is 23.7 Å². The summed E-state index contributed by atoms with van der Waals surface area (Å²) in [7, 11) is 0. The van der Waals surface area contributed by atoms with Crippen molar-refractivity contribution in [3.05, 3.63) is 60.1 Å². The molecule has 0 unspecified atom stereocenters. The number of hydrogen-bond acceptors (Lipinski definition) is 8. The highest BCUT2D eigenvalue weighted by atomic mass is 19.1. The van der Waals surface area contributed by atoms with Crippen molar-refractivity contribution in [3.8, 4) is 17.3 Å². The minimum atomic E-state index is -1.05. The van der Waals surface area contributed by atoms with Gasteiger partial charge in [0.05, 0.1) is 42.1 Å². The molecule has 4 N–H and O–H groups in total. The molecule has 11 heteroatoms. The zero-order valence-electron chi connectivity index (χ0n) is 18.1. The van der Waals surface area contributed by atoms with E-state index in [0.717, 1.165) is 11.3 Å². The number of nitrogens with zero attached hydrogens (tertiary/aromatic N) is 7. The SMILES string of the molecule is N#Cc1ccc(-c2cc(Cn3cnc4c(N)ncnc43)c(N3CC[C@@H](F)[C@@H](N)C3)cn2)cc1F. The zero-order chi connectivity index (χ0) is 23.8. The van der Waals surface area contributed by atoms with Crippen molar-refractivity contribution >= 4 is 22.7 Å². The Labute approximate surface area is 193 Å². The van der Waals surface area contributed by atoms with Crippen LogP contribution in [0.3, 0.4) is 0 Å². The monoisotopic (exact) mass is 461 g/mol. The van der Waals surface area contributed by atoms with E-state index in [9.17, 15) is 8.78 Å². The van der Waals surface area contributed by atoms with Crippen LogP contribution in [0.15, 0.2) is 43.1 Å². The highest BCUT2D eigenvalue weighted by molar-refractivity contribution is 5.81. The molecule has 1 aliphatic heterocycles. The topological polar surface area (TPSA) is 136 Å². The number of hydrogen-bond donors (Lipinski definition) is 2. The predicted molar refractivity (Wildman–Crippen MR) is 123 cm³/mol. The molecular weight excluding hydrogens is 440 g/mol. The third-order valence-electron chi connectivity index (χ3n) is 6.03. The number of nitriles is 1. The molecule has 2 atom stereocenters. The van der Waals surface area contributed by atoms with Crippen LogP contribution in [0.4, 0.5) is 20.3 Å². The summed E-state index contributed by atoms with van der Waals surface area (Å²) in [5.41, 5.74) is 15.7. The van der Waals surface area contributed by atoms with Crippen molar-refractivity contribution in [2.24, 2.45) is 5.73 Å². The van der Waals surface area contributed by atoms with E-state index < -0.39 is 18.0 Å². The smallest absolute Gasteiger partial charge is 0.165 e. The molecule has 4 aromatic rings. The van der Waals surface area contributed by atoms with Gasteiger partial charge in [0.1, 0.15) is 29.9 Å². The van der Waals surface area contributed by atoms with Crippen LogP contribution in [-0.2, 0) is 6.54 Å². The van der Waals surface area contributed by atoms with Gasteiger partial charge in [-0.2, -0.15) is 5.26 Å². The molecule has 0 bridgehead atoms. The van der Waals surface area contributed by atoms with Gasteiger partial charge >= 0.3 is 0 Å². The third-order valence-corrected chi connectivity index (χ3v) is 6.03. The first kappa shape index (κ1) is 21.7. The Hall–Kier alpha value is -4.17. The molecule has 3 aromatic heterocycles. The number of pyridine rings is 1. The summed E-state index contributed by atoms with van der Waals surface area (Å²) in [6.45, 7) is 1.20. The third kappa shape index (κ3) is 3.88. The fourth-order valence-corrected chi connectivity index (χ4v) is 4.19. The van der Waals surface area contributed by atoms with Gasteiger partial charge in [-0.05, 0) is 30.2 Å². The lowest BCUT2D eigenvalue weighted by Gasteiger charge is -2.35. The van der Waals surface area contributed by atoms with E-state index in [1.165, 1.54) is 18.5 Å². The average Bonchev–Trinajstić information content (AvgIpc) is 3.25. The van der Waals surface area contributed by atoms with Crippen LogP contribution < -0.4 is 16.4 Å². The molecule has 1 aliphatic rings. The Kier molecular flexibility index (Phi) is 5.51. The summed E-state index contributed by atoms with van der Waals surface area (Å²) in [5, 5.41) is 9.02. The molecule has 34 heavy (non-hydrogen) atoms. The standard InChI is InChI=1S/C23H21F2N9/c24-16-3-4-33(10-18(16)27)20-8-29-19(13-1-2-14(7-26)17(25)5-13)6-15(20)9-34-12-32-21-22(28)30-11-31-23(21)34/h1-2,5-6,8,11-12,16,18H,3-4,9-10,27H2,(H2,28,30,31)/t16-,18+/m1/s1. The first-order valence-electron chi connectivity index (χ1n) is 10.7. The molecule has 0 radical (unpaired) electrons. The molecule has 0 saturated carbocycles. The largest absolute Gasteiger partial charge is 0.382 e. The maximum absolute atomic E-state index is 14.3. The van der Waals surface area contributed by atoms with Crippen molar-refractivity contribution in [2.75, 3.05) is 23.7 Å². The number of nitrogens with two attached hydrogens (primary N) is 2. The molecule has 0 aliphatic carbocycles. The molecule has 1 fully saturated rings. The van der Waals surface area contributed by atoms with Crippen LogP contribution in [0.25, 0.3) is 22.4 Å². The maximum Gasteiger partial charge on any atom is 0.165 e. The van der Waals surface area contributed by atoms with Crippen LogP contribution in [0.5, 0.6) is 0 Å². The second-order valence-corrected chi connectivity index (χ2v) is 8.22. The number of aromatic nitrogens is 5. The minimum Gasteiger partial charge on any atom is -0.382 e. The fourth-order valence-electron chi connectivity index (χ4n) is 4.19. The van der Waals surface area contributed by atoms with E-state index in [1.54, 1.807) is 18.6 Å². The first-order valence-corrected chi connectivity index (χ1v) is 10.7. The molecule has 9 nitrogen and oxygen atoms in total. The van der Waals surface area contributed by atoms with E-state index in [-0.39, 0.29) is 11.4 Å². The first-order chi connectivity index (χ1) is 16.4. The van der Waals surface area contributed by atoms with Crippen LogP contribution in [0.2, 0.25) is 0 Å². The number of rotatable bonds is 4. The van der Waals surface area contributed by atoms with Crippen LogP contribution in [0.1, 0.15) is 17.5 Å². The number of imidazole rings is 1. The van der Waals surface area contributed by atoms with Gasteiger partial charge in [-0.15, -0.1) is 0 Å². The van der Waals surface area contributed by atoms with Gasteiger partial charge in [0, 0.05) is 18.7 Å². The highest BCUT2D eigenvalue weighted by Gasteiger charge is 2.28. The van der Waals surface area contributed by atoms with Gasteiger partial charge in [0.15, 0.2) is 11.5 Å². The normalized spacial score (nSPS) is 18.2. The number of halogens is 2. The fraction of sp³-hybridized carbons (Fsp3) is 0.261. The second kappa shape index (κ2) is 8.64. The molecule has 0 spiro atoms. The van der Waals surface area contributed by atoms with Gasteiger partial charge in [-0.1, -0.05) is 6.07 Å². The molecule has 1 aromatic carbocycles. The van der Waals surface area contributed by atoms with Crippen molar-refractivity contribution in [1.82, 2.24) is 24.5 Å². The number of nitrogen functional groups attached to an aromatic ring is 1. The van der Waals surface area contributed by atoms with Gasteiger partial charge < -0.3 is 20.9 Å². The Morgan fingerprint density at radius 3 is 2.79 bits per heavy atom. The van der Waals surface area contributed by atoms with Crippen molar-refractivity contribution in [3.63, 3.8) is 0 Å². The predicted octanol–water partition coefficient (Wildman–Crippen LogP) is 2.41. The highest BCUT2D eigenvalue weighted by Crippen LogP contribution is 2.30. The second-order valence-electron chi connectivity index (χ2n) is 8.22. The summed E-state index contributed by atoms with van der Waals surface area (Å²) >= 11 is 0. The van der Waals surface area contributed by atoms with Gasteiger partial charge in [-0.3, -0.25) is 4.98 Å². The lowest BCUT2D eigenvalue weighted by atomic mass is 10.0. The van der Waals surface area contributed by atoms with Crippen molar-refractivity contribution in [2.45, 2.75) is 25.2 Å². The van der Waals surface area contributed by atoms with Gasteiger partial charge in [0.2, 0.25) is 0 Å². The summed E-state index contributed by atoms with van der Waals surface area (Å²) < 4.78 is 30.1. The van der Waals surface area contributed by atoms with Crippen LogP contribution >= 0.6 is 0 Å². The Balaban J connectivity index is 1.58. The Bertz CT molecular complexity index is 1410. The lowest BCUT2D eigenvalue weighted by molar-refractivity contribution is 0.244. The summed E-state index contributed by atoms with van der Waals surface area (Å²) in [4.78, 5) is 19.1. The molecule has 172 valence electrons. The van der Waals surface area contributed by atoms with E-state index in [1.807, 2.05) is 21.6 Å². The quantitative estimate of drug-likeness (QED) is 0.473. The number of benzene rings is 1. The molecule has 4 heterocycles. The number of alkyl halides is 1. The zero-order valence-corrected chi connectivity index (χ0v) is 18.1. The van der Waals surface area contributed by atoms with Crippen molar-refractivity contribution in [1.29, 1.82) is 5.26 Å². The Morgan fingerprint density at radius 1 is 1.18 bits per heavy atom. The molecule has 5 rings (SSSR count). The number of piperidine rings is 1. The van der Waals surface area contributed by atoms with Crippen LogP contribution in [-0.4, -0.2) is 49.8 Å².